The van der Waals surface area contributed by atoms with E-state index in [2.05, 4.69) is 29.2 Å². The highest BCUT2D eigenvalue weighted by Gasteiger charge is 2.16. The smallest absolute Gasteiger partial charge is 0.0834 e. The van der Waals surface area contributed by atoms with Crippen LogP contribution in [0.4, 0.5) is 0 Å². The van der Waals surface area contributed by atoms with E-state index in [4.69, 9.17) is 9.47 Å². The van der Waals surface area contributed by atoms with Crippen molar-refractivity contribution in [3.05, 3.63) is 53.3 Å². The zero-order chi connectivity index (χ0) is 16.1. The minimum atomic E-state index is 0.105. The van der Waals surface area contributed by atoms with Gasteiger partial charge in [-0.25, -0.2) is 0 Å². The Morgan fingerprint density at radius 3 is 3.00 bits per heavy atom. The van der Waals surface area contributed by atoms with Crippen LogP contribution in [0.1, 0.15) is 23.4 Å². The number of aromatic nitrogens is 1. The molecule has 4 heteroatoms. The predicted molar refractivity (Wildman–Crippen MR) is 89.2 cm³/mol. The van der Waals surface area contributed by atoms with E-state index in [0.29, 0.717) is 19.6 Å². The lowest BCUT2D eigenvalue weighted by atomic mass is 10.00. The summed E-state index contributed by atoms with van der Waals surface area (Å²) in [6.07, 6.45) is 1.75. The predicted octanol–water partition coefficient (Wildman–Crippen LogP) is 2.90. The molecule has 23 heavy (non-hydrogen) atoms. The van der Waals surface area contributed by atoms with Crippen molar-refractivity contribution in [2.45, 2.75) is 32.5 Å². The highest BCUT2D eigenvalue weighted by Crippen LogP contribution is 2.25. The zero-order valence-electron chi connectivity index (χ0n) is 13.5. The molecule has 1 atom stereocenters. The molecule has 1 saturated heterocycles. The van der Waals surface area contributed by atoms with Crippen molar-refractivity contribution in [1.29, 1.82) is 0 Å². The number of rotatable bonds is 6. The van der Waals surface area contributed by atoms with Gasteiger partial charge in [-0.1, -0.05) is 24.3 Å². The Kier molecular flexibility index (Phi) is 5.39. The molecule has 0 bridgehead atoms. The highest BCUT2D eigenvalue weighted by molar-refractivity contribution is 5.66. The van der Waals surface area contributed by atoms with Crippen LogP contribution < -0.4 is 0 Å². The maximum Gasteiger partial charge on any atom is 0.0834 e. The summed E-state index contributed by atoms with van der Waals surface area (Å²) in [5.41, 5.74) is 5.25. The summed E-state index contributed by atoms with van der Waals surface area (Å²) in [6, 6.07) is 12.4. The van der Waals surface area contributed by atoms with Gasteiger partial charge < -0.3 is 14.6 Å². The Morgan fingerprint density at radius 2 is 2.22 bits per heavy atom. The Hall–Kier alpha value is -1.75. The van der Waals surface area contributed by atoms with Crippen LogP contribution in [-0.2, 0) is 22.5 Å². The monoisotopic (exact) mass is 313 g/mol. The molecule has 1 N–H and O–H groups in total. The summed E-state index contributed by atoms with van der Waals surface area (Å²) in [4.78, 5) is 4.57. The third kappa shape index (κ3) is 4.16. The maximum absolute atomic E-state index is 9.27. The van der Waals surface area contributed by atoms with Crippen LogP contribution in [0.3, 0.4) is 0 Å². The van der Waals surface area contributed by atoms with Crippen molar-refractivity contribution >= 4 is 0 Å². The first-order chi connectivity index (χ1) is 11.3. The van der Waals surface area contributed by atoms with Gasteiger partial charge in [0.05, 0.1) is 25.0 Å². The van der Waals surface area contributed by atoms with E-state index in [-0.39, 0.29) is 12.7 Å². The molecule has 1 aromatic heterocycles. The van der Waals surface area contributed by atoms with Crippen LogP contribution in [0.25, 0.3) is 11.1 Å². The fourth-order valence-corrected chi connectivity index (χ4v) is 2.86. The van der Waals surface area contributed by atoms with Crippen LogP contribution in [0.5, 0.6) is 0 Å². The van der Waals surface area contributed by atoms with Gasteiger partial charge in [-0.2, -0.15) is 0 Å². The first kappa shape index (κ1) is 16.1. The second kappa shape index (κ2) is 7.68. The van der Waals surface area contributed by atoms with Crippen LogP contribution >= 0.6 is 0 Å². The Balaban J connectivity index is 1.78. The van der Waals surface area contributed by atoms with E-state index < -0.39 is 0 Å². The minimum absolute atomic E-state index is 0.105. The number of aryl methyl sites for hydroxylation is 1. The summed E-state index contributed by atoms with van der Waals surface area (Å²) >= 11 is 0. The molecule has 122 valence electrons. The van der Waals surface area contributed by atoms with E-state index >= 15 is 0 Å². The number of benzene rings is 1. The molecule has 1 aromatic carbocycles. The highest BCUT2D eigenvalue weighted by atomic mass is 16.5. The third-order valence-electron chi connectivity index (χ3n) is 4.07. The van der Waals surface area contributed by atoms with E-state index in [1.54, 1.807) is 0 Å². The number of hydrogen-bond donors (Lipinski definition) is 1. The van der Waals surface area contributed by atoms with Crippen molar-refractivity contribution in [1.82, 2.24) is 4.98 Å². The zero-order valence-corrected chi connectivity index (χ0v) is 13.5. The molecule has 1 aliphatic heterocycles. The van der Waals surface area contributed by atoms with Gasteiger partial charge in [-0.15, -0.1) is 0 Å². The van der Waals surface area contributed by atoms with Gasteiger partial charge in [0, 0.05) is 30.9 Å². The lowest BCUT2D eigenvalue weighted by molar-refractivity contribution is 0.0318. The molecule has 0 radical (unpaired) electrons. The van der Waals surface area contributed by atoms with E-state index in [0.717, 1.165) is 41.1 Å². The molecule has 0 aliphatic carbocycles. The number of hydrogen-bond acceptors (Lipinski definition) is 4. The molecule has 3 rings (SSSR count). The molecule has 1 fully saturated rings. The second-order valence-electron chi connectivity index (χ2n) is 5.92. The summed E-state index contributed by atoms with van der Waals surface area (Å²) in [5, 5.41) is 9.27. The van der Waals surface area contributed by atoms with E-state index in [1.165, 1.54) is 0 Å². The van der Waals surface area contributed by atoms with Gasteiger partial charge in [0.1, 0.15) is 0 Å². The van der Waals surface area contributed by atoms with Crippen LogP contribution in [0, 0.1) is 6.92 Å². The lowest BCUT2D eigenvalue weighted by Gasteiger charge is -2.12. The maximum atomic E-state index is 9.27. The Labute approximate surface area is 137 Å². The molecule has 1 unspecified atom stereocenters. The summed E-state index contributed by atoms with van der Waals surface area (Å²) in [5.74, 6) is 0. The van der Waals surface area contributed by atoms with Gasteiger partial charge in [0.25, 0.3) is 0 Å². The first-order valence-corrected chi connectivity index (χ1v) is 8.12. The third-order valence-corrected chi connectivity index (χ3v) is 4.07. The van der Waals surface area contributed by atoms with Crippen LogP contribution in [0.2, 0.25) is 0 Å². The van der Waals surface area contributed by atoms with Crippen LogP contribution in [0.15, 0.2) is 36.4 Å². The van der Waals surface area contributed by atoms with Gasteiger partial charge in [0.15, 0.2) is 0 Å². The normalized spacial score (nSPS) is 17.6. The van der Waals surface area contributed by atoms with Gasteiger partial charge in [0.2, 0.25) is 0 Å². The number of pyridine rings is 1. The molecule has 4 nitrogen and oxygen atoms in total. The fourth-order valence-electron chi connectivity index (χ4n) is 2.86. The Bertz CT molecular complexity index is 651. The standard InChI is InChI=1S/C19H23NO3/c1-14-5-6-18(19(20-14)7-9-21)16-4-2-3-15(11-16)12-23-17-8-10-22-13-17/h2-6,11,17,21H,7-10,12-13H2,1H3. The topological polar surface area (TPSA) is 51.6 Å². The van der Waals surface area contributed by atoms with Crippen molar-refractivity contribution in [3.8, 4) is 11.1 Å². The summed E-state index contributed by atoms with van der Waals surface area (Å²) in [6.45, 7) is 4.16. The molecule has 2 heterocycles. The average Bonchev–Trinajstić information content (AvgIpc) is 3.07. The van der Waals surface area contributed by atoms with Crippen molar-refractivity contribution in [3.63, 3.8) is 0 Å². The lowest BCUT2D eigenvalue weighted by Crippen LogP contribution is -2.11. The average molecular weight is 313 g/mol. The fraction of sp³-hybridized carbons (Fsp3) is 0.421. The van der Waals surface area contributed by atoms with Crippen molar-refractivity contribution < 1.29 is 14.6 Å². The Morgan fingerprint density at radius 1 is 1.30 bits per heavy atom. The van der Waals surface area contributed by atoms with E-state index in [9.17, 15) is 5.11 Å². The van der Waals surface area contributed by atoms with Crippen LogP contribution in [-0.4, -0.2) is 36.0 Å². The number of aliphatic hydroxyl groups is 1. The SMILES string of the molecule is Cc1ccc(-c2cccc(COC3CCOC3)c2)c(CCO)n1. The molecule has 1 aliphatic rings. The summed E-state index contributed by atoms with van der Waals surface area (Å²) < 4.78 is 11.2. The van der Waals surface area contributed by atoms with E-state index in [1.807, 2.05) is 19.1 Å². The van der Waals surface area contributed by atoms with Gasteiger partial charge in [-0.05, 0) is 36.6 Å². The van der Waals surface area contributed by atoms with Gasteiger partial charge in [-0.3, -0.25) is 4.98 Å². The van der Waals surface area contributed by atoms with Crippen molar-refractivity contribution in [2.24, 2.45) is 0 Å². The quantitative estimate of drug-likeness (QED) is 0.891. The van der Waals surface area contributed by atoms with Crippen molar-refractivity contribution in [2.75, 3.05) is 19.8 Å². The molecular formula is C19H23NO3. The number of aliphatic hydroxyl groups excluding tert-OH is 1. The molecule has 0 spiro atoms. The molecule has 2 aromatic rings. The summed E-state index contributed by atoms with van der Waals surface area (Å²) in [7, 11) is 0. The first-order valence-electron chi connectivity index (χ1n) is 8.12. The minimum Gasteiger partial charge on any atom is -0.396 e. The number of ether oxygens (including phenoxy) is 2. The largest absolute Gasteiger partial charge is 0.396 e. The molecular weight excluding hydrogens is 290 g/mol. The number of nitrogens with zero attached hydrogens (tertiary/aromatic N) is 1. The molecule has 0 saturated carbocycles. The molecule has 0 amide bonds. The van der Waals surface area contributed by atoms with Gasteiger partial charge >= 0.3 is 0 Å². The second-order valence-corrected chi connectivity index (χ2v) is 5.92.